The molecule has 0 saturated carbocycles. The van der Waals surface area contributed by atoms with Gasteiger partial charge in [-0.3, -0.25) is 0 Å². The third-order valence-corrected chi connectivity index (χ3v) is 9.34. The molecule has 0 N–H and O–H groups in total. The SMILES string of the molecule is CCCCCCCCCCCCCCCCCCCCCCCCCCCCCCc1cccc(S(=O)(=O)[O-])c1.[K+]. The van der Waals surface area contributed by atoms with Gasteiger partial charge in [0.2, 0.25) is 0 Å². The Balaban J connectivity index is 0.0000160. The van der Waals surface area contributed by atoms with Crippen molar-refractivity contribution in [3.05, 3.63) is 29.8 Å². The number of hydrogen-bond acceptors (Lipinski definition) is 3. The molecule has 5 heteroatoms. The van der Waals surface area contributed by atoms with Gasteiger partial charge in [0.05, 0.1) is 4.90 Å². The van der Waals surface area contributed by atoms with Crippen LogP contribution in [0.25, 0.3) is 0 Å². The maximum Gasteiger partial charge on any atom is 1.00 e. The molecular formula is C36H65KO3S. The van der Waals surface area contributed by atoms with E-state index in [0.717, 1.165) is 18.4 Å². The molecule has 0 bridgehead atoms. The van der Waals surface area contributed by atoms with E-state index in [1.54, 1.807) is 6.07 Å². The van der Waals surface area contributed by atoms with Crippen LogP contribution in [0.4, 0.5) is 0 Å². The molecule has 0 atom stereocenters. The van der Waals surface area contributed by atoms with Crippen molar-refractivity contribution in [1.82, 2.24) is 0 Å². The molecule has 0 aliphatic heterocycles. The minimum atomic E-state index is -4.34. The van der Waals surface area contributed by atoms with Gasteiger partial charge in [0.1, 0.15) is 10.1 Å². The summed E-state index contributed by atoms with van der Waals surface area (Å²) in [5, 5.41) is 0. The van der Waals surface area contributed by atoms with E-state index in [2.05, 4.69) is 6.92 Å². The maximum atomic E-state index is 11.1. The van der Waals surface area contributed by atoms with E-state index in [0.29, 0.717) is 0 Å². The molecular weight excluding hydrogens is 552 g/mol. The molecule has 0 aromatic heterocycles. The Kier molecular flexibility index (Phi) is 31.4. The Labute approximate surface area is 299 Å². The Morgan fingerprint density at radius 3 is 1.07 bits per heavy atom. The van der Waals surface area contributed by atoms with Gasteiger partial charge in [0.25, 0.3) is 0 Å². The molecule has 1 aromatic rings. The monoisotopic (exact) mass is 616 g/mol. The normalized spacial score (nSPS) is 11.6. The molecule has 3 nitrogen and oxygen atoms in total. The number of aryl methyl sites for hydroxylation is 1. The van der Waals surface area contributed by atoms with Gasteiger partial charge in [-0.2, -0.15) is 0 Å². The fourth-order valence-electron chi connectivity index (χ4n) is 5.86. The average molecular weight is 617 g/mol. The molecule has 0 unspecified atom stereocenters. The summed E-state index contributed by atoms with van der Waals surface area (Å²) in [7, 11) is -4.34. The second kappa shape index (κ2) is 30.8. The standard InChI is InChI=1S/C36H66O3S.K/c1-2-3-4-5-6-7-8-9-10-11-12-13-14-15-16-17-18-19-20-21-22-23-24-25-26-27-28-29-31-35-32-30-33-36(34-35)40(37,38)39;/h30,32-34H,2-29,31H2,1H3,(H,37,38,39);/q;+1/p-1. The van der Waals surface area contributed by atoms with Crippen LogP contribution in [0, 0.1) is 0 Å². The Morgan fingerprint density at radius 1 is 0.488 bits per heavy atom. The molecule has 0 heterocycles. The van der Waals surface area contributed by atoms with Gasteiger partial charge in [0, 0.05) is 0 Å². The minimum absolute atomic E-state index is 0. The van der Waals surface area contributed by atoms with Crippen molar-refractivity contribution in [1.29, 1.82) is 0 Å². The smallest absolute Gasteiger partial charge is 0.744 e. The van der Waals surface area contributed by atoms with Crippen molar-refractivity contribution in [3.8, 4) is 0 Å². The summed E-state index contributed by atoms with van der Waals surface area (Å²) in [6, 6.07) is 6.49. The summed E-state index contributed by atoms with van der Waals surface area (Å²) < 4.78 is 33.4. The zero-order chi connectivity index (χ0) is 29.0. The van der Waals surface area contributed by atoms with Crippen molar-refractivity contribution in [3.63, 3.8) is 0 Å². The Bertz CT molecular complexity index is 781. The van der Waals surface area contributed by atoms with Crippen LogP contribution < -0.4 is 51.4 Å². The van der Waals surface area contributed by atoms with Crippen molar-refractivity contribution < 1.29 is 64.4 Å². The Morgan fingerprint density at radius 2 is 0.780 bits per heavy atom. The summed E-state index contributed by atoms with van der Waals surface area (Å²) in [5.74, 6) is 0. The molecule has 0 aliphatic carbocycles. The van der Waals surface area contributed by atoms with Crippen LogP contribution in [0.1, 0.15) is 192 Å². The minimum Gasteiger partial charge on any atom is -0.744 e. The number of benzene rings is 1. The predicted octanol–water partition coefficient (Wildman–Crippen LogP) is 9.08. The van der Waals surface area contributed by atoms with Crippen LogP contribution in [0.15, 0.2) is 29.2 Å². The molecule has 0 spiro atoms. The first-order valence-corrected chi connectivity index (χ1v) is 19.0. The molecule has 0 fully saturated rings. The summed E-state index contributed by atoms with van der Waals surface area (Å²) in [4.78, 5) is -0.106. The number of unbranched alkanes of at least 4 members (excludes halogenated alkanes) is 27. The number of hydrogen-bond donors (Lipinski definition) is 0. The van der Waals surface area contributed by atoms with Crippen LogP contribution in [0.3, 0.4) is 0 Å². The van der Waals surface area contributed by atoms with E-state index in [9.17, 15) is 13.0 Å². The fraction of sp³-hybridized carbons (Fsp3) is 0.833. The summed E-state index contributed by atoms with van der Waals surface area (Å²) in [5.41, 5.74) is 0.951. The van der Waals surface area contributed by atoms with E-state index in [4.69, 9.17) is 0 Å². The second-order valence-corrected chi connectivity index (χ2v) is 13.8. The zero-order valence-corrected chi connectivity index (χ0v) is 31.4. The zero-order valence-electron chi connectivity index (χ0n) is 27.4. The largest absolute Gasteiger partial charge is 1.00 e. The van der Waals surface area contributed by atoms with Gasteiger partial charge < -0.3 is 4.55 Å². The van der Waals surface area contributed by atoms with Crippen LogP contribution in [-0.4, -0.2) is 13.0 Å². The summed E-state index contributed by atoms with van der Waals surface area (Å²) >= 11 is 0. The molecule has 1 aromatic carbocycles. The van der Waals surface area contributed by atoms with Gasteiger partial charge in [-0.15, -0.1) is 0 Å². The van der Waals surface area contributed by atoms with Crippen LogP contribution in [0.5, 0.6) is 0 Å². The van der Waals surface area contributed by atoms with E-state index in [1.807, 2.05) is 6.07 Å². The maximum absolute atomic E-state index is 11.1. The molecule has 234 valence electrons. The van der Waals surface area contributed by atoms with E-state index in [1.165, 1.54) is 185 Å². The van der Waals surface area contributed by atoms with Gasteiger partial charge in [-0.1, -0.05) is 192 Å². The molecule has 0 radical (unpaired) electrons. The van der Waals surface area contributed by atoms with E-state index < -0.39 is 10.1 Å². The first-order valence-electron chi connectivity index (χ1n) is 17.6. The molecule has 0 saturated heterocycles. The van der Waals surface area contributed by atoms with Gasteiger partial charge in [-0.25, -0.2) is 8.42 Å². The average Bonchev–Trinajstić information content (AvgIpc) is 2.94. The van der Waals surface area contributed by atoms with Crippen LogP contribution in [0.2, 0.25) is 0 Å². The topological polar surface area (TPSA) is 57.2 Å². The summed E-state index contributed by atoms with van der Waals surface area (Å²) in [6.45, 7) is 2.30. The molecule has 0 aliphatic rings. The van der Waals surface area contributed by atoms with Gasteiger partial charge >= 0.3 is 51.4 Å². The number of rotatable bonds is 30. The van der Waals surface area contributed by atoms with Crippen molar-refractivity contribution in [2.45, 2.75) is 198 Å². The Hall–Kier alpha value is 0.766. The van der Waals surface area contributed by atoms with E-state index in [-0.39, 0.29) is 56.3 Å². The van der Waals surface area contributed by atoms with Crippen molar-refractivity contribution in [2.75, 3.05) is 0 Å². The third kappa shape index (κ3) is 28.0. The molecule has 41 heavy (non-hydrogen) atoms. The second-order valence-electron chi connectivity index (χ2n) is 12.4. The van der Waals surface area contributed by atoms with Gasteiger partial charge in [0.15, 0.2) is 0 Å². The predicted molar refractivity (Wildman–Crippen MR) is 173 cm³/mol. The van der Waals surface area contributed by atoms with Crippen LogP contribution in [-0.2, 0) is 16.5 Å². The van der Waals surface area contributed by atoms with Gasteiger partial charge in [-0.05, 0) is 30.5 Å². The summed E-state index contributed by atoms with van der Waals surface area (Å²) in [6.07, 6.45) is 40.1. The van der Waals surface area contributed by atoms with Crippen molar-refractivity contribution in [2.24, 2.45) is 0 Å². The first-order chi connectivity index (χ1) is 19.5. The van der Waals surface area contributed by atoms with E-state index >= 15 is 0 Å². The molecule has 0 amide bonds. The molecule has 1 rings (SSSR count). The first kappa shape index (κ1) is 41.8. The fourth-order valence-corrected chi connectivity index (χ4v) is 6.40. The van der Waals surface area contributed by atoms with Crippen LogP contribution >= 0.6 is 0 Å². The quantitative estimate of drug-likeness (QED) is 0.0492. The third-order valence-electron chi connectivity index (χ3n) is 8.51. The van der Waals surface area contributed by atoms with Crippen molar-refractivity contribution >= 4 is 10.1 Å².